The normalized spacial score (nSPS) is 16.0. The highest BCUT2D eigenvalue weighted by Crippen LogP contribution is 2.47. The van der Waals surface area contributed by atoms with Crippen molar-refractivity contribution < 1.29 is 0 Å². The van der Waals surface area contributed by atoms with Crippen LogP contribution in [0.15, 0.2) is 24.3 Å². The molecule has 1 saturated carbocycles. The van der Waals surface area contributed by atoms with Gasteiger partial charge in [0.1, 0.15) is 6.07 Å². The fourth-order valence-corrected chi connectivity index (χ4v) is 2.88. The molecule has 4 nitrogen and oxygen atoms in total. The summed E-state index contributed by atoms with van der Waals surface area (Å²) in [6.07, 6.45) is 4.61. The molecular weight excluding hydrogens is 256 g/mol. The summed E-state index contributed by atoms with van der Waals surface area (Å²) in [5.41, 5.74) is 2.00. The Bertz CT molecular complexity index is 658. The second kappa shape index (κ2) is 4.71. The lowest BCUT2D eigenvalue weighted by atomic mass is 10.1. The average Bonchev–Trinajstić information content (AvgIpc) is 3.25. The zero-order valence-corrected chi connectivity index (χ0v) is 11.5. The monoisotopic (exact) mass is 270 g/mol. The minimum atomic E-state index is 0.344. The topological polar surface area (TPSA) is 61.6 Å². The van der Waals surface area contributed by atoms with Crippen LogP contribution in [0.3, 0.4) is 0 Å². The molecule has 1 heterocycles. The summed E-state index contributed by atoms with van der Waals surface area (Å²) in [5.74, 6) is 0. The van der Waals surface area contributed by atoms with Crippen molar-refractivity contribution >= 4 is 28.4 Å². The molecule has 0 radical (unpaired) electrons. The van der Waals surface area contributed by atoms with E-state index in [1.54, 1.807) is 0 Å². The Hall–Kier alpha value is -1.80. The third kappa shape index (κ3) is 2.24. The van der Waals surface area contributed by atoms with Crippen LogP contribution in [-0.4, -0.2) is 27.7 Å². The van der Waals surface area contributed by atoms with Gasteiger partial charge in [-0.3, -0.25) is 0 Å². The van der Waals surface area contributed by atoms with Crippen LogP contribution >= 0.6 is 11.8 Å². The average molecular weight is 270 g/mol. The largest absolute Gasteiger partial charge is 0.381 e. The number of fused-ring (bicyclic) bond motifs is 1. The predicted molar refractivity (Wildman–Crippen MR) is 78.2 cm³/mol. The fraction of sp³-hybridized carbons (Fsp3) is 0.357. The van der Waals surface area contributed by atoms with Crippen molar-refractivity contribution in [3.05, 3.63) is 30.0 Å². The Morgan fingerprint density at radius 3 is 2.84 bits per heavy atom. The van der Waals surface area contributed by atoms with Crippen LogP contribution < -0.4 is 5.32 Å². The SMILES string of the molecule is CSC1(CNc2c(C#N)nnc3ccccc23)CC1. The van der Waals surface area contributed by atoms with Crippen molar-refractivity contribution in [2.24, 2.45) is 0 Å². The minimum absolute atomic E-state index is 0.344. The van der Waals surface area contributed by atoms with Gasteiger partial charge < -0.3 is 5.32 Å². The first kappa shape index (κ1) is 12.2. The van der Waals surface area contributed by atoms with Gasteiger partial charge in [0.2, 0.25) is 0 Å². The standard InChI is InChI=1S/C14H14N4S/c1-19-14(6-7-14)9-16-13-10-4-2-3-5-11(10)17-18-12(13)8-15/h2-5H,6-7,9H2,1H3,(H,16,17). The van der Waals surface area contributed by atoms with E-state index in [0.29, 0.717) is 10.4 Å². The summed E-state index contributed by atoms with van der Waals surface area (Å²) in [5, 5.41) is 21.6. The smallest absolute Gasteiger partial charge is 0.186 e. The number of thioether (sulfide) groups is 1. The molecule has 0 aliphatic heterocycles. The third-order valence-electron chi connectivity index (χ3n) is 3.60. The highest BCUT2D eigenvalue weighted by atomic mass is 32.2. The van der Waals surface area contributed by atoms with Crippen LogP contribution in [0.4, 0.5) is 5.69 Å². The summed E-state index contributed by atoms with van der Waals surface area (Å²) < 4.78 is 0.344. The van der Waals surface area contributed by atoms with E-state index in [0.717, 1.165) is 23.1 Å². The first-order valence-corrected chi connectivity index (χ1v) is 7.45. The van der Waals surface area contributed by atoms with Gasteiger partial charge in [-0.1, -0.05) is 18.2 Å². The molecule has 3 rings (SSSR count). The Morgan fingerprint density at radius 1 is 1.37 bits per heavy atom. The van der Waals surface area contributed by atoms with Crippen molar-refractivity contribution in [1.29, 1.82) is 5.26 Å². The number of benzene rings is 1. The van der Waals surface area contributed by atoms with E-state index in [9.17, 15) is 5.26 Å². The lowest BCUT2D eigenvalue weighted by Gasteiger charge is -2.15. The van der Waals surface area contributed by atoms with Gasteiger partial charge in [0, 0.05) is 16.7 Å². The molecule has 0 atom stereocenters. The molecule has 2 aromatic rings. The van der Waals surface area contributed by atoms with Gasteiger partial charge in [0.25, 0.3) is 0 Å². The van der Waals surface area contributed by atoms with Crippen LogP contribution in [0.5, 0.6) is 0 Å². The van der Waals surface area contributed by atoms with Crippen molar-refractivity contribution in [3.8, 4) is 6.07 Å². The van der Waals surface area contributed by atoms with Gasteiger partial charge in [-0.05, 0) is 25.2 Å². The van der Waals surface area contributed by atoms with Crippen LogP contribution in [0.25, 0.3) is 10.9 Å². The molecule has 1 aromatic heterocycles. The van der Waals surface area contributed by atoms with Crippen molar-refractivity contribution in [2.75, 3.05) is 18.1 Å². The first-order chi connectivity index (χ1) is 9.28. The second-order valence-electron chi connectivity index (χ2n) is 4.79. The Balaban J connectivity index is 1.98. The maximum atomic E-state index is 9.18. The quantitative estimate of drug-likeness (QED) is 0.925. The number of nitriles is 1. The molecule has 0 unspecified atom stereocenters. The summed E-state index contributed by atoms with van der Waals surface area (Å²) in [4.78, 5) is 0. The molecule has 1 N–H and O–H groups in total. The summed E-state index contributed by atoms with van der Waals surface area (Å²) in [7, 11) is 0. The molecule has 1 aromatic carbocycles. The number of hydrogen-bond donors (Lipinski definition) is 1. The van der Waals surface area contributed by atoms with Gasteiger partial charge in [-0.2, -0.15) is 17.0 Å². The fourth-order valence-electron chi connectivity index (χ4n) is 2.15. The first-order valence-electron chi connectivity index (χ1n) is 6.22. The van der Waals surface area contributed by atoms with E-state index in [1.807, 2.05) is 36.0 Å². The lowest BCUT2D eigenvalue weighted by molar-refractivity contribution is 0.943. The molecule has 1 fully saturated rings. The number of nitrogens with one attached hydrogen (secondary N) is 1. The summed E-state index contributed by atoms with van der Waals surface area (Å²) in [6.45, 7) is 0.874. The van der Waals surface area contributed by atoms with Gasteiger partial charge >= 0.3 is 0 Å². The van der Waals surface area contributed by atoms with Gasteiger partial charge in [0.05, 0.1) is 11.2 Å². The molecule has 1 aliphatic rings. The van der Waals surface area contributed by atoms with Gasteiger partial charge in [0.15, 0.2) is 5.69 Å². The van der Waals surface area contributed by atoms with Crippen LogP contribution in [0, 0.1) is 11.3 Å². The van der Waals surface area contributed by atoms with Crippen molar-refractivity contribution in [3.63, 3.8) is 0 Å². The van der Waals surface area contributed by atoms with E-state index < -0.39 is 0 Å². The molecule has 0 spiro atoms. The summed E-state index contributed by atoms with van der Waals surface area (Å²) in [6, 6.07) is 9.89. The van der Waals surface area contributed by atoms with Crippen molar-refractivity contribution in [1.82, 2.24) is 10.2 Å². The van der Waals surface area contributed by atoms with Gasteiger partial charge in [-0.15, -0.1) is 10.2 Å². The van der Waals surface area contributed by atoms with Crippen LogP contribution in [-0.2, 0) is 0 Å². The maximum Gasteiger partial charge on any atom is 0.186 e. The Labute approximate surface area is 116 Å². The molecule has 0 amide bonds. The highest BCUT2D eigenvalue weighted by molar-refractivity contribution is 8.00. The molecule has 5 heteroatoms. The zero-order valence-electron chi connectivity index (χ0n) is 10.7. The van der Waals surface area contributed by atoms with E-state index >= 15 is 0 Å². The van der Waals surface area contributed by atoms with Gasteiger partial charge in [-0.25, -0.2) is 0 Å². The maximum absolute atomic E-state index is 9.18. The summed E-state index contributed by atoms with van der Waals surface area (Å²) >= 11 is 1.89. The minimum Gasteiger partial charge on any atom is -0.381 e. The number of aromatic nitrogens is 2. The Morgan fingerprint density at radius 2 is 2.16 bits per heavy atom. The highest BCUT2D eigenvalue weighted by Gasteiger charge is 2.41. The number of nitrogens with zero attached hydrogens (tertiary/aromatic N) is 3. The van der Waals surface area contributed by atoms with Crippen LogP contribution in [0.2, 0.25) is 0 Å². The predicted octanol–water partition coefficient (Wildman–Crippen LogP) is 2.81. The van der Waals surface area contributed by atoms with E-state index in [2.05, 4.69) is 27.8 Å². The van der Waals surface area contributed by atoms with E-state index in [4.69, 9.17) is 0 Å². The zero-order chi connectivity index (χ0) is 13.3. The van der Waals surface area contributed by atoms with Crippen LogP contribution in [0.1, 0.15) is 18.5 Å². The van der Waals surface area contributed by atoms with E-state index in [1.165, 1.54) is 12.8 Å². The number of rotatable bonds is 4. The van der Waals surface area contributed by atoms with E-state index in [-0.39, 0.29) is 0 Å². The molecule has 19 heavy (non-hydrogen) atoms. The lowest BCUT2D eigenvalue weighted by Crippen LogP contribution is -2.18. The number of hydrogen-bond acceptors (Lipinski definition) is 5. The molecular formula is C14H14N4S. The van der Waals surface area contributed by atoms with Crippen molar-refractivity contribution in [2.45, 2.75) is 17.6 Å². The molecule has 0 saturated heterocycles. The Kier molecular flexibility index (Phi) is 3.03. The molecule has 96 valence electrons. The number of anilines is 1. The molecule has 1 aliphatic carbocycles. The third-order valence-corrected chi connectivity index (χ3v) is 5.02. The second-order valence-corrected chi connectivity index (χ2v) is 6.07. The molecule has 0 bridgehead atoms.